The minimum atomic E-state index is 0.139. The zero-order valence-corrected chi connectivity index (χ0v) is 14.2. The molecule has 0 bridgehead atoms. The number of piperazine rings is 1. The second-order valence-electron chi connectivity index (χ2n) is 5.93. The summed E-state index contributed by atoms with van der Waals surface area (Å²) < 4.78 is 10.7. The van der Waals surface area contributed by atoms with Crippen LogP contribution in [-0.4, -0.2) is 52.3 Å². The van der Waals surface area contributed by atoms with Crippen molar-refractivity contribution in [2.45, 2.75) is 20.0 Å². The molecule has 1 fully saturated rings. The molecule has 126 valence electrons. The third-order valence-electron chi connectivity index (χ3n) is 4.13. The monoisotopic (exact) mass is 346 g/mol. The van der Waals surface area contributed by atoms with Gasteiger partial charge in [0, 0.05) is 19.6 Å². The first-order chi connectivity index (χ1) is 11.7. The summed E-state index contributed by atoms with van der Waals surface area (Å²) in [5, 5.41) is 10.1. The maximum absolute atomic E-state index is 12.4. The van der Waals surface area contributed by atoms with E-state index in [1.807, 2.05) is 30.0 Å². The van der Waals surface area contributed by atoms with Gasteiger partial charge in [0.1, 0.15) is 10.0 Å². The standard InChI is InChI=1S/C16H18N4O3S/c1-11-17-18-15(24-11)8-19-4-5-20(16(21)9-19)7-12-2-3-13-14(6-12)23-10-22-13/h2-3,6H,4-5,7-10H2,1H3. The summed E-state index contributed by atoms with van der Waals surface area (Å²) in [7, 11) is 0. The smallest absolute Gasteiger partial charge is 0.237 e. The van der Waals surface area contributed by atoms with E-state index in [1.54, 1.807) is 11.3 Å². The van der Waals surface area contributed by atoms with E-state index in [0.717, 1.165) is 33.6 Å². The summed E-state index contributed by atoms with van der Waals surface area (Å²) in [5.41, 5.74) is 1.06. The summed E-state index contributed by atoms with van der Waals surface area (Å²) in [5.74, 6) is 1.66. The Morgan fingerprint density at radius 2 is 2.04 bits per heavy atom. The molecule has 0 radical (unpaired) electrons. The van der Waals surface area contributed by atoms with Crippen LogP contribution in [0.5, 0.6) is 11.5 Å². The molecule has 1 aromatic heterocycles. The van der Waals surface area contributed by atoms with Crippen LogP contribution in [0.4, 0.5) is 0 Å². The van der Waals surface area contributed by atoms with Gasteiger partial charge in [-0.15, -0.1) is 21.5 Å². The molecule has 4 rings (SSSR count). The lowest BCUT2D eigenvalue weighted by Gasteiger charge is -2.33. The van der Waals surface area contributed by atoms with Crippen molar-refractivity contribution in [3.05, 3.63) is 33.8 Å². The molecule has 1 amide bonds. The van der Waals surface area contributed by atoms with Crippen LogP contribution in [-0.2, 0) is 17.9 Å². The largest absolute Gasteiger partial charge is 0.454 e. The maximum atomic E-state index is 12.4. The van der Waals surface area contributed by atoms with Gasteiger partial charge in [0.2, 0.25) is 12.7 Å². The Morgan fingerprint density at radius 1 is 1.17 bits per heavy atom. The van der Waals surface area contributed by atoms with E-state index in [-0.39, 0.29) is 12.7 Å². The van der Waals surface area contributed by atoms with Crippen molar-refractivity contribution in [2.24, 2.45) is 0 Å². The molecule has 0 saturated carbocycles. The third-order valence-corrected chi connectivity index (χ3v) is 4.96. The summed E-state index contributed by atoms with van der Waals surface area (Å²) in [6.45, 7) is 5.47. The van der Waals surface area contributed by atoms with Gasteiger partial charge in [0.15, 0.2) is 11.5 Å². The predicted molar refractivity (Wildman–Crippen MR) is 87.9 cm³/mol. The van der Waals surface area contributed by atoms with Crippen LogP contribution in [0, 0.1) is 6.92 Å². The van der Waals surface area contributed by atoms with Crippen LogP contribution in [0.2, 0.25) is 0 Å². The van der Waals surface area contributed by atoms with Crippen molar-refractivity contribution in [1.82, 2.24) is 20.0 Å². The van der Waals surface area contributed by atoms with Crippen LogP contribution in [0.3, 0.4) is 0 Å². The van der Waals surface area contributed by atoms with Crippen LogP contribution in [0.15, 0.2) is 18.2 Å². The molecule has 3 heterocycles. The first kappa shape index (κ1) is 15.3. The second-order valence-corrected chi connectivity index (χ2v) is 7.19. The van der Waals surface area contributed by atoms with E-state index >= 15 is 0 Å². The molecular weight excluding hydrogens is 328 g/mol. The number of carbonyl (C=O) groups excluding carboxylic acids is 1. The fourth-order valence-electron chi connectivity index (χ4n) is 2.91. The Kier molecular flexibility index (Phi) is 4.07. The number of rotatable bonds is 4. The average molecular weight is 346 g/mol. The number of aryl methyl sites for hydroxylation is 1. The lowest BCUT2D eigenvalue weighted by atomic mass is 10.1. The molecule has 0 spiro atoms. The zero-order chi connectivity index (χ0) is 16.5. The number of ether oxygens (including phenoxy) is 2. The molecule has 0 aliphatic carbocycles. The highest BCUT2D eigenvalue weighted by molar-refractivity contribution is 7.11. The number of nitrogens with zero attached hydrogens (tertiary/aromatic N) is 4. The van der Waals surface area contributed by atoms with Gasteiger partial charge < -0.3 is 14.4 Å². The maximum Gasteiger partial charge on any atom is 0.237 e. The molecule has 1 aromatic carbocycles. The topological polar surface area (TPSA) is 67.8 Å². The molecular formula is C16H18N4O3S. The molecule has 1 saturated heterocycles. The van der Waals surface area contributed by atoms with Gasteiger partial charge >= 0.3 is 0 Å². The number of amides is 1. The van der Waals surface area contributed by atoms with Crippen molar-refractivity contribution >= 4 is 17.2 Å². The molecule has 2 aliphatic rings. The van der Waals surface area contributed by atoms with Gasteiger partial charge in [-0.1, -0.05) is 6.07 Å². The lowest BCUT2D eigenvalue weighted by Crippen LogP contribution is -2.49. The van der Waals surface area contributed by atoms with Gasteiger partial charge in [-0.05, 0) is 24.6 Å². The number of hydrogen-bond acceptors (Lipinski definition) is 7. The second kappa shape index (κ2) is 6.37. The fraction of sp³-hybridized carbons (Fsp3) is 0.438. The Hall–Kier alpha value is -2.19. The van der Waals surface area contributed by atoms with Crippen molar-refractivity contribution in [3.8, 4) is 11.5 Å². The number of aromatic nitrogens is 2. The van der Waals surface area contributed by atoms with Crippen molar-refractivity contribution in [2.75, 3.05) is 26.4 Å². The van der Waals surface area contributed by atoms with E-state index in [2.05, 4.69) is 15.1 Å². The molecule has 0 unspecified atom stereocenters. The Balaban J connectivity index is 1.36. The van der Waals surface area contributed by atoms with Crippen molar-refractivity contribution in [3.63, 3.8) is 0 Å². The van der Waals surface area contributed by atoms with Gasteiger partial charge in [-0.3, -0.25) is 9.69 Å². The minimum Gasteiger partial charge on any atom is -0.454 e. The fourth-order valence-corrected chi connectivity index (χ4v) is 3.66. The molecule has 0 N–H and O–H groups in total. The SMILES string of the molecule is Cc1nnc(CN2CCN(Cc3ccc4c(c3)OCO4)C(=O)C2)s1. The highest BCUT2D eigenvalue weighted by atomic mass is 32.1. The van der Waals surface area contributed by atoms with Crippen LogP contribution in [0.1, 0.15) is 15.6 Å². The lowest BCUT2D eigenvalue weighted by molar-refractivity contribution is -0.136. The first-order valence-corrected chi connectivity index (χ1v) is 8.67. The summed E-state index contributed by atoms with van der Waals surface area (Å²) in [6, 6.07) is 5.83. The van der Waals surface area contributed by atoms with Crippen molar-refractivity contribution < 1.29 is 14.3 Å². The molecule has 2 aliphatic heterocycles. The van der Waals surface area contributed by atoms with Crippen LogP contribution >= 0.6 is 11.3 Å². The zero-order valence-electron chi connectivity index (χ0n) is 13.4. The summed E-state index contributed by atoms with van der Waals surface area (Å²) in [4.78, 5) is 16.4. The Bertz CT molecular complexity index is 764. The molecule has 8 heteroatoms. The number of hydrogen-bond donors (Lipinski definition) is 0. The summed E-state index contributed by atoms with van der Waals surface area (Å²) >= 11 is 1.58. The molecule has 0 atom stereocenters. The number of fused-ring (bicyclic) bond motifs is 1. The number of carbonyl (C=O) groups is 1. The molecule has 24 heavy (non-hydrogen) atoms. The number of benzene rings is 1. The average Bonchev–Trinajstić information content (AvgIpc) is 3.18. The normalized spacial score (nSPS) is 17.5. The highest BCUT2D eigenvalue weighted by Crippen LogP contribution is 2.32. The quantitative estimate of drug-likeness (QED) is 0.834. The van der Waals surface area contributed by atoms with Crippen LogP contribution in [0.25, 0.3) is 0 Å². The Labute approximate surface area is 143 Å². The minimum absolute atomic E-state index is 0.139. The van der Waals surface area contributed by atoms with Crippen molar-refractivity contribution in [1.29, 1.82) is 0 Å². The van der Waals surface area contributed by atoms with E-state index in [9.17, 15) is 4.79 Å². The highest BCUT2D eigenvalue weighted by Gasteiger charge is 2.25. The first-order valence-electron chi connectivity index (χ1n) is 7.85. The van der Waals surface area contributed by atoms with E-state index in [4.69, 9.17) is 9.47 Å². The van der Waals surface area contributed by atoms with Gasteiger partial charge in [-0.25, -0.2) is 0 Å². The molecule has 7 nitrogen and oxygen atoms in total. The van der Waals surface area contributed by atoms with Gasteiger partial charge in [0.05, 0.1) is 13.1 Å². The summed E-state index contributed by atoms with van der Waals surface area (Å²) in [6.07, 6.45) is 0. The van der Waals surface area contributed by atoms with E-state index in [0.29, 0.717) is 26.2 Å². The van der Waals surface area contributed by atoms with Gasteiger partial charge in [-0.2, -0.15) is 0 Å². The van der Waals surface area contributed by atoms with E-state index < -0.39 is 0 Å². The predicted octanol–water partition coefficient (Wildman–Crippen LogP) is 1.42. The Morgan fingerprint density at radius 3 is 2.83 bits per heavy atom. The van der Waals surface area contributed by atoms with E-state index in [1.165, 1.54) is 0 Å². The van der Waals surface area contributed by atoms with Gasteiger partial charge in [0.25, 0.3) is 0 Å². The van der Waals surface area contributed by atoms with Crippen LogP contribution < -0.4 is 9.47 Å². The molecule has 2 aromatic rings. The third kappa shape index (κ3) is 3.20.